The Balaban J connectivity index is 2.62. The quantitative estimate of drug-likeness (QED) is 0.758. The van der Waals surface area contributed by atoms with Gasteiger partial charge in [-0.15, -0.1) is 0 Å². The average molecular weight is 258 g/mol. The van der Waals surface area contributed by atoms with Crippen LogP contribution in [-0.4, -0.2) is 35.5 Å². The summed E-state index contributed by atoms with van der Waals surface area (Å²) in [6, 6.07) is 0.917. The molecule has 1 rings (SSSR count). The summed E-state index contributed by atoms with van der Waals surface area (Å²) in [5.74, 6) is 2.21. The van der Waals surface area contributed by atoms with E-state index >= 15 is 0 Å². The second-order valence-electron chi connectivity index (χ2n) is 3.92. The molecule has 1 aromatic rings. The van der Waals surface area contributed by atoms with E-state index in [1.165, 1.54) is 11.0 Å². The lowest BCUT2D eigenvalue weighted by molar-refractivity contribution is 0.182. The number of carbonyl (C=O) groups excluding carboxylic acids is 1. The summed E-state index contributed by atoms with van der Waals surface area (Å²) in [5, 5.41) is 0. The third kappa shape index (κ3) is 3.96. The maximum atomic E-state index is 11.5. The van der Waals surface area contributed by atoms with Gasteiger partial charge in [-0.1, -0.05) is 18.1 Å². The fourth-order valence-electron chi connectivity index (χ4n) is 1.19. The van der Waals surface area contributed by atoms with Crippen molar-refractivity contribution in [1.82, 2.24) is 9.64 Å². The van der Waals surface area contributed by atoms with Crippen molar-refractivity contribution < 1.29 is 9.32 Å². The summed E-state index contributed by atoms with van der Waals surface area (Å²) in [6.45, 7) is 2.13. The minimum atomic E-state index is -0.459. The summed E-state index contributed by atoms with van der Waals surface area (Å²) in [4.78, 5) is 24.3. The Morgan fingerprint density at radius 3 is 2.82 bits per heavy atom. The molecule has 0 bridgehead atoms. The van der Waals surface area contributed by atoms with Crippen LogP contribution in [0.2, 0.25) is 0 Å². The van der Waals surface area contributed by atoms with Crippen molar-refractivity contribution in [1.29, 1.82) is 0 Å². The summed E-state index contributed by atoms with van der Waals surface area (Å²) in [6.07, 6.45) is 2.29. The second kappa shape index (κ2) is 6.54. The second-order valence-corrected chi connectivity index (χ2v) is 5.02. The lowest BCUT2D eigenvalue weighted by atomic mass is 10.4. The van der Waals surface area contributed by atoms with E-state index in [9.17, 15) is 9.59 Å². The highest BCUT2D eigenvalue weighted by molar-refractivity contribution is 7.98. The fourth-order valence-corrected chi connectivity index (χ4v) is 2.16. The fraction of sp³-hybridized carbons (Fsp3) is 0.636. The van der Waals surface area contributed by atoms with Crippen molar-refractivity contribution in [2.45, 2.75) is 25.5 Å². The summed E-state index contributed by atoms with van der Waals surface area (Å²) >= 11 is 1.70. The molecule has 0 saturated carbocycles. The first-order valence-electron chi connectivity index (χ1n) is 5.58. The van der Waals surface area contributed by atoms with Gasteiger partial charge < -0.3 is 9.42 Å². The first-order chi connectivity index (χ1) is 8.06. The summed E-state index contributed by atoms with van der Waals surface area (Å²) in [5.41, 5.74) is -0.408. The van der Waals surface area contributed by atoms with E-state index in [1.807, 2.05) is 0 Å². The zero-order valence-corrected chi connectivity index (χ0v) is 11.2. The topological polar surface area (TPSA) is 55.5 Å². The number of nitrogens with zero attached hydrogens (tertiary/aromatic N) is 2. The van der Waals surface area contributed by atoms with E-state index in [4.69, 9.17) is 4.52 Å². The van der Waals surface area contributed by atoms with Gasteiger partial charge in [-0.2, -0.15) is 11.8 Å². The third-order valence-corrected chi connectivity index (χ3v) is 3.20. The average Bonchev–Trinajstić information content (AvgIpc) is 2.65. The third-order valence-electron chi connectivity index (χ3n) is 2.14. The van der Waals surface area contributed by atoms with E-state index < -0.39 is 11.6 Å². The van der Waals surface area contributed by atoms with Gasteiger partial charge in [-0.3, -0.25) is 4.79 Å². The highest BCUT2D eigenvalue weighted by atomic mass is 32.2. The molecule has 0 aliphatic heterocycles. The summed E-state index contributed by atoms with van der Waals surface area (Å²) < 4.78 is 6.00. The van der Waals surface area contributed by atoms with E-state index in [0.29, 0.717) is 11.5 Å². The van der Waals surface area contributed by atoms with E-state index in [2.05, 4.69) is 6.92 Å². The molecular formula is C11H18N2O3S. The molecule has 0 fully saturated rings. The van der Waals surface area contributed by atoms with Crippen molar-refractivity contribution >= 4 is 17.8 Å². The van der Waals surface area contributed by atoms with Crippen molar-refractivity contribution in [2.24, 2.45) is 0 Å². The molecule has 0 unspecified atom stereocenters. The van der Waals surface area contributed by atoms with E-state index in [-0.39, 0.29) is 0 Å². The normalized spacial score (nSPS) is 10.5. The van der Waals surface area contributed by atoms with Gasteiger partial charge in [-0.25, -0.2) is 4.79 Å². The molecule has 0 aliphatic carbocycles. The highest BCUT2D eigenvalue weighted by Crippen LogP contribution is 2.12. The van der Waals surface area contributed by atoms with Crippen LogP contribution < -0.4 is 5.56 Å². The predicted octanol–water partition coefficient (Wildman–Crippen LogP) is 2.00. The Kier molecular flexibility index (Phi) is 5.34. The number of thioether (sulfide) groups is 1. The Labute approximate surface area is 105 Å². The van der Waals surface area contributed by atoms with Gasteiger partial charge in [0.15, 0.2) is 0 Å². The molecule has 1 amide bonds. The Bertz CT molecular complexity index is 423. The largest absolute Gasteiger partial charge is 0.371 e. The molecule has 0 atom stereocenters. The molecule has 0 radical (unpaired) electrons. The number of hydrogen-bond acceptors (Lipinski definition) is 4. The van der Waals surface area contributed by atoms with Gasteiger partial charge >= 0.3 is 6.03 Å². The van der Waals surface area contributed by atoms with Crippen LogP contribution in [0.3, 0.4) is 0 Å². The van der Waals surface area contributed by atoms with Gasteiger partial charge in [-0.05, 0) is 12.2 Å². The molecule has 0 aliphatic rings. The minimum Gasteiger partial charge on any atom is -0.371 e. The molecule has 1 aromatic heterocycles. The lowest BCUT2D eigenvalue weighted by Gasteiger charge is -2.07. The first kappa shape index (κ1) is 13.9. The molecule has 0 spiro atoms. The van der Waals surface area contributed by atoms with E-state index in [1.54, 1.807) is 25.9 Å². The van der Waals surface area contributed by atoms with Gasteiger partial charge in [0.05, 0.1) is 5.75 Å². The molecule has 6 heteroatoms. The van der Waals surface area contributed by atoms with Gasteiger partial charge in [0.1, 0.15) is 5.76 Å². The van der Waals surface area contributed by atoms with E-state index in [0.717, 1.165) is 23.3 Å². The van der Waals surface area contributed by atoms with Crippen LogP contribution in [0, 0.1) is 0 Å². The van der Waals surface area contributed by atoms with Crippen LogP contribution in [0.5, 0.6) is 0 Å². The maximum absolute atomic E-state index is 11.5. The molecule has 1 heterocycles. The van der Waals surface area contributed by atoms with Gasteiger partial charge in [0.25, 0.3) is 5.56 Å². The zero-order valence-electron chi connectivity index (χ0n) is 10.4. The maximum Gasteiger partial charge on any atom is 0.360 e. The number of hydrogen-bond donors (Lipinski definition) is 0. The van der Waals surface area contributed by atoms with Crippen LogP contribution in [0.4, 0.5) is 4.79 Å². The SMILES string of the molecule is CCCCSCc1cc(=O)n(C(=O)N(C)C)o1. The van der Waals surface area contributed by atoms with Crippen molar-refractivity contribution in [3.05, 3.63) is 22.2 Å². The first-order valence-corrected chi connectivity index (χ1v) is 6.73. The monoisotopic (exact) mass is 258 g/mol. The minimum absolute atomic E-state index is 0.408. The molecule has 5 nitrogen and oxygen atoms in total. The molecule has 0 aromatic carbocycles. The zero-order chi connectivity index (χ0) is 12.8. The Hall–Kier alpha value is -1.17. The highest BCUT2D eigenvalue weighted by Gasteiger charge is 2.14. The van der Waals surface area contributed by atoms with Crippen LogP contribution in [0.15, 0.2) is 15.4 Å². The van der Waals surface area contributed by atoms with Crippen LogP contribution >= 0.6 is 11.8 Å². The molecule has 17 heavy (non-hydrogen) atoms. The smallest absolute Gasteiger partial charge is 0.360 e. The molecule has 0 saturated heterocycles. The number of amides is 1. The van der Waals surface area contributed by atoms with Crippen LogP contribution in [0.1, 0.15) is 25.5 Å². The van der Waals surface area contributed by atoms with Crippen LogP contribution in [-0.2, 0) is 5.75 Å². The van der Waals surface area contributed by atoms with Crippen LogP contribution in [0.25, 0.3) is 0 Å². The van der Waals surface area contributed by atoms with Crippen molar-refractivity contribution in [2.75, 3.05) is 19.8 Å². The van der Waals surface area contributed by atoms with Crippen molar-refractivity contribution in [3.63, 3.8) is 0 Å². The standard InChI is InChI=1S/C11H18N2O3S/c1-4-5-6-17-8-9-7-10(14)13(16-9)11(15)12(2)3/h7H,4-6,8H2,1-3H3. The molecule has 96 valence electrons. The number of carbonyl (C=O) groups is 1. The van der Waals surface area contributed by atoms with Gasteiger partial charge in [0.2, 0.25) is 0 Å². The Morgan fingerprint density at radius 1 is 1.53 bits per heavy atom. The predicted molar refractivity (Wildman–Crippen MR) is 68.5 cm³/mol. The number of rotatable bonds is 5. The number of aromatic nitrogens is 1. The Morgan fingerprint density at radius 2 is 2.24 bits per heavy atom. The van der Waals surface area contributed by atoms with Crippen molar-refractivity contribution in [3.8, 4) is 0 Å². The summed E-state index contributed by atoms with van der Waals surface area (Å²) in [7, 11) is 3.15. The molecule has 0 N–H and O–H groups in total. The van der Waals surface area contributed by atoms with Gasteiger partial charge in [0, 0.05) is 20.2 Å². The lowest BCUT2D eigenvalue weighted by Crippen LogP contribution is -2.32. The number of unbranched alkanes of at least 4 members (excludes halogenated alkanes) is 1. The molecular weight excluding hydrogens is 240 g/mol.